The Labute approximate surface area is 119 Å². The number of aliphatic hydroxyl groups is 2. The van der Waals surface area contributed by atoms with Crippen LogP contribution in [-0.4, -0.2) is 52.0 Å². The minimum absolute atomic E-state index is 0.0251. The van der Waals surface area contributed by atoms with Crippen LogP contribution in [0.2, 0.25) is 0 Å². The van der Waals surface area contributed by atoms with Crippen LogP contribution in [0.3, 0.4) is 0 Å². The Balaban J connectivity index is 3.50. The van der Waals surface area contributed by atoms with Gasteiger partial charge in [-0.15, -0.1) is 11.8 Å². The van der Waals surface area contributed by atoms with E-state index in [0.29, 0.717) is 5.75 Å². The van der Waals surface area contributed by atoms with Crippen LogP contribution < -0.4 is 15.2 Å². The lowest BCUT2D eigenvalue weighted by Gasteiger charge is -2.38. The molecule has 0 fully saturated rings. The molecule has 4 N–H and O–H groups in total. The van der Waals surface area contributed by atoms with Crippen molar-refractivity contribution in [3.63, 3.8) is 0 Å². The summed E-state index contributed by atoms with van der Waals surface area (Å²) in [4.78, 5) is 0.775. The molecule has 0 saturated heterocycles. The third-order valence-corrected chi connectivity index (χ3v) is 3.49. The van der Waals surface area contributed by atoms with Crippen molar-refractivity contribution in [2.24, 2.45) is 5.73 Å². The quantitative estimate of drug-likeness (QED) is 0.383. The van der Waals surface area contributed by atoms with E-state index in [9.17, 15) is 10.2 Å². The predicted molar refractivity (Wildman–Crippen MR) is 75.9 cm³/mol. The minimum Gasteiger partial charge on any atom is -0.496 e. The van der Waals surface area contributed by atoms with Gasteiger partial charge in [0.25, 0.3) is 0 Å². The molecular weight excluding hydrogens is 264 g/mol. The third kappa shape index (κ3) is 3.02. The van der Waals surface area contributed by atoms with Crippen molar-refractivity contribution in [3.05, 3.63) is 17.7 Å². The van der Waals surface area contributed by atoms with Gasteiger partial charge < -0.3 is 25.4 Å². The van der Waals surface area contributed by atoms with Crippen molar-refractivity contribution in [3.8, 4) is 11.5 Å². The van der Waals surface area contributed by atoms with E-state index in [-0.39, 0.29) is 11.3 Å². The zero-order valence-corrected chi connectivity index (χ0v) is 11.8. The fraction of sp³-hybridized carbons (Fsp3) is 0.455. The van der Waals surface area contributed by atoms with E-state index in [1.807, 2.05) is 6.26 Å². The molecule has 0 aliphatic carbocycles. The minimum atomic E-state index is -2.54. The molecule has 0 aromatic heterocycles. The molecule has 1 aromatic rings. The Morgan fingerprint density at radius 3 is 2.05 bits per heavy atom. The summed E-state index contributed by atoms with van der Waals surface area (Å²) in [5.74, 6) is 0.695. The van der Waals surface area contributed by atoms with Crippen LogP contribution in [0.25, 0.3) is 0 Å². The lowest BCUT2D eigenvalue weighted by molar-refractivity contribution is -0.0460. The maximum Gasteiger partial charge on any atom is 0.138 e. The van der Waals surface area contributed by atoms with Gasteiger partial charge in [-0.05, 0) is 18.4 Å². The van der Waals surface area contributed by atoms with E-state index < -0.39 is 11.1 Å². The first kappa shape index (κ1) is 16.2. The standard InChI is InChI=1S/C11H15B2NO4S/c1-17-7-5-9(19-3)8(18-2)4-6(7)10(12,15)11(13,14)16/h4-5,15-16H,14H2,1-3H3. The second-order valence-corrected chi connectivity index (χ2v) is 4.85. The highest BCUT2D eigenvalue weighted by atomic mass is 32.2. The molecule has 8 heteroatoms. The number of rotatable bonds is 5. The molecule has 0 spiro atoms. The van der Waals surface area contributed by atoms with E-state index in [4.69, 9.17) is 30.9 Å². The van der Waals surface area contributed by atoms with Crippen LogP contribution in [0.4, 0.5) is 0 Å². The lowest BCUT2D eigenvalue weighted by atomic mass is 9.61. The van der Waals surface area contributed by atoms with Crippen molar-refractivity contribution in [1.29, 1.82) is 0 Å². The van der Waals surface area contributed by atoms with Crippen molar-refractivity contribution in [2.45, 2.75) is 16.0 Å². The second-order valence-electron chi connectivity index (χ2n) is 4.00. The average Bonchev–Trinajstić information content (AvgIpc) is 2.35. The van der Waals surface area contributed by atoms with Crippen LogP contribution in [0.1, 0.15) is 5.56 Å². The maximum atomic E-state index is 10.2. The number of methoxy groups -OCH3 is 2. The van der Waals surface area contributed by atoms with Gasteiger partial charge in [0, 0.05) is 5.56 Å². The molecule has 2 atom stereocenters. The Bertz CT molecular complexity index is 463. The first-order valence-corrected chi connectivity index (χ1v) is 6.53. The number of nitrogens with two attached hydrogens (primary N) is 1. The summed E-state index contributed by atoms with van der Waals surface area (Å²) in [7, 11) is 13.8. The molecule has 19 heavy (non-hydrogen) atoms. The molecule has 0 amide bonds. The summed E-state index contributed by atoms with van der Waals surface area (Å²) in [5.41, 5.74) is 0.377. The average molecular weight is 279 g/mol. The second kappa shape index (κ2) is 5.66. The Kier molecular flexibility index (Phi) is 4.84. The molecule has 0 aliphatic heterocycles. The summed E-state index contributed by atoms with van der Waals surface area (Å²) in [5, 5.41) is 19.7. The summed E-state index contributed by atoms with van der Waals surface area (Å²) < 4.78 is 10.3. The van der Waals surface area contributed by atoms with Crippen LogP contribution in [0.15, 0.2) is 17.0 Å². The van der Waals surface area contributed by atoms with Gasteiger partial charge in [0.1, 0.15) is 27.2 Å². The number of benzene rings is 1. The van der Waals surface area contributed by atoms with Crippen molar-refractivity contribution in [1.82, 2.24) is 0 Å². The highest BCUT2D eigenvalue weighted by Crippen LogP contribution is 2.40. The molecule has 0 heterocycles. The zero-order chi connectivity index (χ0) is 14.8. The van der Waals surface area contributed by atoms with Crippen LogP contribution in [0, 0.1) is 0 Å². The monoisotopic (exact) mass is 279 g/mol. The summed E-state index contributed by atoms with van der Waals surface area (Å²) in [6.07, 6.45) is 1.85. The molecule has 5 nitrogen and oxygen atoms in total. The molecule has 0 saturated carbocycles. The first-order chi connectivity index (χ1) is 8.68. The molecular formula is C11H15B2NO4S. The van der Waals surface area contributed by atoms with Crippen molar-refractivity contribution in [2.75, 3.05) is 20.5 Å². The normalized spacial score (nSPS) is 17.4. The van der Waals surface area contributed by atoms with Crippen LogP contribution in [-0.2, 0) is 5.50 Å². The summed E-state index contributed by atoms with van der Waals surface area (Å²) in [6, 6.07) is 3.04. The topological polar surface area (TPSA) is 84.9 Å². The molecule has 100 valence electrons. The van der Waals surface area contributed by atoms with Gasteiger partial charge in [-0.3, -0.25) is 0 Å². The smallest absolute Gasteiger partial charge is 0.138 e. The van der Waals surface area contributed by atoms with Gasteiger partial charge in [0.05, 0.1) is 30.2 Å². The van der Waals surface area contributed by atoms with E-state index >= 15 is 0 Å². The van der Waals surface area contributed by atoms with Gasteiger partial charge in [-0.1, -0.05) is 0 Å². The third-order valence-electron chi connectivity index (χ3n) is 2.73. The maximum absolute atomic E-state index is 10.2. The molecule has 2 unspecified atom stereocenters. The van der Waals surface area contributed by atoms with Crippen molar-refractivity contribution < 1.29 is 19.7 Å². The lowest BCUT2D eigenvalue weighted by Crippen LogP contribution is -2.59. The number of hydrogen-bond donors (Lipinski definition) is 3. The highest BCUT2D eigenvalue weighted by molar-refractivity contribution is 7.98. The van der Waals surface area contributed by atoms with Gasteiger partial charge in [0.2, 0.25) is 0 Å². The van der Waals surface area contributed by atoms with E-state index in [1.165, 1.54) is 32.0 Å². The summed E-state index contributed by atoms with van der Waals surface area (Å²) >= 11 is 1.42. The van der Waals surface area contributed by atoms with Crippen LogP contribution >= 0.6 is 11.8 Å². The Hall–Kier alpha value is -0.820. The molecule has 1 rings (SSSR count). The van der Waals surface area contributed by atoms with Gasteiger partial charge in [0.15, 0.2) is 0 Å². The number of ether oxygens (including phenoxy) is 2. The molecule has 4 radical (unpaired) electrons. The van der Waals surface area contributed by atoms with Crippen LogP contribution in [0.5, 0.6) is 11.5 Å². The van der Waals surface area contributed by atoms with Crippen molar-refractivity contribution >= 4 is 27.5 Å². The van der Waals surface area contributed by atoms with Gasteiger partial charge in [-0.25, -0.2) is 0 Å². The first-order valence-electron chi connectivity index (χ1n) is 5.31. The fourth-order valence-electron chi connectivity index (χ4n) is 1.54. The van der Waals surface area contributed by atoms with E-state index in [2.05, 4.69) is 0 Å². The molecule has 0 aliphatic rings. The highest BCUT2D eigenvalue weighted by Gasteiger charge is 2.41. The van der Waals surface area contributed by atoms with Gasteiger partial charge in [-0.2, -0.15) is 0 Å². The molecule has 0 bridgehead atoms. The predicted octanol–water partition coefficient (Wildman–Crippen LogP) is -0.487. The Morgan fingerprint density at radius 2 is 1.68 bits per heavy atom. The zero-order valence-electron chi connectivity index (χ0n) is 11.0. The van der Waals surface area contributed by atoms with E-state index in [0.717, 1.165) is 4.90 Å². The summed E-state index contributed by atoms with van der Waals surface area (Å²) in [6.45, 7) is 0. The fourth-order valence-corrected chi connectivity index (χ4v) is 2.11. The molecule has 1 aromatic carbocycles. The SMILES string of the molecule is [B]C(N)(O)C([B])(O)c1cc(OC)c(SC)cc1OC. The van der Waals surface area contributed by atoms with Gasteiger partial charge >= 0.3 is 0 Å². The number of thioether (sulfide) groups is 1. The van der Waals surface area contributed by atoms with E-state index in [1.54, 1.807) is 6.07 Å². The number of hydrogen-bond acceptors (Lipinski definition) is 6. The Morgan fingerprint density at radius 1 is 1.16 bits per heavy atom. The largest absolute Gasteiger partial charge is 0.496 e.